The van der Waals surface area contributed by atoms with Crippen LogP contribution in [0.3, 0.4) is 0 Å². The standard InChI is InChI=1S/C16H19N5/c1-11-2-3-15-13(8-11)14-10-21(7-5-16(14)18-15)6-4-12-9-17-20-19-12/h2-3,8-9,18H,4-7,10H2,1H3,(H,17,19,20). The lowest BCUT2D eigenvalue weighted by atomic mass is 10.0. The molecule has 1 aliphatic heterocycles. The molecule has 0 saturated carbocycles. The number of nitrogens with zero attached hydrogens (tertiary/aromatic N) is 3. The summed E-state index contributed by atoms with van der Waals surface area (Å²) in [6, 6.07) is 6.67. The van der Waals surface area contributed by atoms with E-state index >= 15 is 0 Å². The fraction of sp³-hybridized carbons (Fsp3) is 0.375. The Morgan fingerprint density at radius 2 is 2.29 bits per heavy atom. The van der Waals surface area contributed by atoms with Crippen LogP contribution in [0.1, 0.15) is 22.5 Å². The molecule has 5 nitrogen and oxygen atoms in total. The molecule has 0 saturated heterocycles. The summed E-state index contributed by atoms with van der Waals surface area (Å²) in [5, 5.41) is 11.9. The van der Waals surface area contributed by atoms with Gasteiger partial charge < -0.3 is 4.98 Å². The average Bonchev–Trinajstić information content (AvgIpc) is 3.12. The summed E-state index contributed by atoms with van der Waals surface area (Å²) in [4.78, 5) is 6.09. The van der Waals surface area contributed by atoms with Gasteiger partial charge in [0.1, 0.15) is 0 Å². The maximum Gasteiger partial charge on any atom is 0.0722 e. The molecule has 0 spiro atoms. The van der Waals surface area contributed by atoms with E-state index < -0.39 is 0 Å². The van der Waals surface area contributed by atoms with Crippen LogP contribution in [-0.4, -0.2) is 38.4 Å². The Labute approximate surface area is 123 Å². The summed E-state index contributed by atoms with van der Waals surface area (Å²) < 4.78 is 0. The first kappa shape index (κ1) is 12.6. The lowest BCUT2D eigenvalue weighted by molar-refractivity contribution is 0.257. The van der Waals surface area contributed by atoms with Crippen LogP contribution in [0.15, 0.2) is 24.4 Å². The molecule has 3 heterocycles. The summed E-state index contributed by atoms with van der Waals surface area (Å²) in [5.74, 6) is 0. The Morgan fingerprint density at radius 3 is 3.14 bits per heavy atom. The van der Waals surface area contributed by atoms with Crippen molar-refractivity contribution >= 4 is 10.9 Å². The number of benzene rings is 1. The van der Waals surface area contributed by atoms with Gasteiger partial charge in [0.05, 0.1) is 11.9 Å². The molecule has 0 radical (unpaired) electrons. The van der Waals surface area contributed by atoms with Crippen molar-refractivity contribution in [1.29, 1.82) is 0 Å². The van der Waals surface area contributed by atoms with Gasteiger partial charge in [-0.05, 0) is 24.6 Å². The molecule has 0 fully saturated rings. The predicted octanol–water partition coefficient (Wildman–Crippen LogP) is 2.20. The van der Waals surface area contributed by atoms with Gasteiger partial charge in [-0.2, -0.15) is 0 Å². The van der Waals surface area contributed by atoms with Crippen molar-refractivity contribution in [2.45, 2.75) is 26.3 Å². The number of rotatable bonds is 3. The van der Waals surface area contributed by atoms with Crippen molar-refractivity contribution in [1.82, 2.24) is 25.3 Å². The first-order chi connectivity index (χ1) is 10.3. The largest absolute Gasteiger partial charge is 0.358 e. The first-order valence-corrected chi connectivity index (χ1v) is 7.47. The van der Waals surface area contributed by atoms with E-state index in [0.29, 0.717) is 0 Å². The zero-order valence-electron chi connectivity index (χ0n) is 12.2. The number of aromatic amines is 2. The molecule has 0 aliphatic carbocycles. The fourth-order valence-electron chi connectivity index (χ4n) is 3.19. The van der Waals surface area contributed by atoms with E-state index in [1.165, 1.54) is 27.7 Å². The Morgan fingerprint density at radius 1 is 1.33 bits per heavy atom. The molecule has 108 valence electrons. The van der Waals surface area contributed by atoms with Crippen LogP contribution in [0.25, 0.3) is 10.9 Å². The van der Waals surface area contributed by atoms with Crippen LogP contribution in [-0.2, 0) is 19.4 Å². The number of hydrogen-bond donors (Lipinski definition) is 2. The molecule has 1 aliphatic rings. The molecule has 1 aromatic carbocycles. The fourth-order valence-corrected chi connectivity index (χ4v) is 3.19. The van der Waals surface area contributed by atoms with Gasteiger partial charge in [-0.25, -0.2) is 0 Å². The molecule has 5 heteroatoms. The van der Waals surface area contributed by atoms with E-state index in [1.54, 1.807) is 0 Å². The van der Waals surface area contributed by atoms with E-state index in [0.717, 1.165) is 38.2 Å². The second-order valence-electron chi connectivity index (χ2n) is 5.89. The molecule has 4 rings (SSSR count). The van der Waals surface area contributed by atoms with E-state index in [-0.39, 0.29) is 0 Å². The van der Waals surface area contributed by atoms with E-state index in [1.807, 2.05) is 6.20 Å². The zero-order valence-corrected chi connectivity index (χ0v) is 12.2. The van der Waals surface area contributed by atoms with Crippen molar-refractivity contribution in [3.63, 3.8) is 0 Å². The highest BCUT2D eigenvalue weighted by Crippen LogP contribution is 2.28. The second kappa shape index (κ2) is 5.00. The average molecular weight is 281 g/mol. The molecule has 2 N–H and O–H groups in total. The molecule has 0 amide bonds. The van der Waals surface area contributed by atoms with Crippen LogP contribution < -0.4 is 0 Å². The van der Waals surface area contributed by atoms with Crippen molar-refractivity contribution in [3.8, 4) is 0 Å². The minimum atomic E-state index is 0.976. The van der Waals surface area contributed by atoms with Gasteiger partial charge in [0.15, 0.2) is 0 Å². The highest BCUT2D eigenvalue weighted by Gasteiger charge is 2.20. The summed E-state index contributed by atoms with van der Waals surface area (Å²) in [6.45, 7) is 5.34. The van der Waals surface area contributed by atoms with Gasteiger partial charge in [0.2, 0.25) is 0 Å². The number of nitrogens with one attached hydrogen (secondary N) is 2. The third-order valence-corrected chi connectivity index (χ3v) is 4.37. The Bertz CT molecular complexity index is 756. The predicted molar refractivity (Wildman–Crippen MR) is 82.1 cm³/mol. The summed E-state index contributed by atoms with van der Waals surface area (Å²) in [7, 11) is 0. The van der Waals surface area contributed by atoms with Gasteiger partial charge in [0.25, 0.3) is 0 Å². The number of H-pyrrole nitrogens is 2. The quantitative estimate of drug-likeness (QED) is 0.773. The van der Waals surface area contributed by atoms with Crippen LogP contribution in [0, 0.1) is 6.92 Å². The van der Waals surface area contributed by atoms with Gasteiger partial charge in [-0.1, -0.05) is 16.8 Å². The van der Waals surface area contributed by atoms with Gasteiger partial charge in [0, 0.05) is 49.1 Å². The van der Waals surface area contributed by atoms with Gasteiger partial charge in [-0.3, -0.25) is 10.00 Å². The number of aryl methyl sites for hydroxylation is 1. The SMILES string of the molecule is Cc1ccc2[nH]c3c(c2c1)CN(CCc1cnn[nH]1)CC3. The summed E-state index contributed by atoms with van der Waals surface area (Å²) >= 11 is 0. The lowest BCUT2D eigenvalue weighted by Gasteiger charge is -2.26. The van der Waals surface area contributed by atoms with E-state index in [4.69, 9.17) is 0 Å². The third-order valence-electron chi connectivity index (χ3n) is 4.37. The minimum Gasteiger partial charge on any atom is -0.358 e. The molecular formula is C16H19N5. The Hall–Kier alpha value is -2.14. The van der Waals surface area contributed by atoms with Crippen LogP contribution >= 0.6 is 0 Å². The smallest absolute Gasteiger partial charge is 0.0722 e. The molecule has 0 unspecified atom stereocenters. The van der Waals surface area contributed by atoms with Gasteiger partial charge >= 0.3 is 0 Å². The molecular weight excluding hydrogens is 262 g/mol. The van der Waals surface area contributed by atoms with Crippen LogP contribution in [0.4, 0.5) is 0 Å². The summed E-state index contributed by atoms with van der Waals surface area (Å²) in [6.07, 6.45) is 3.89. The summed E-state index contributed by atoms with van der Waals surface area (Å²) in [5.41, 5.74) is 6.59. The molecule has 0 atom stereocenters. The monoisotopic (exact) mass is 281 g/mol. The maximum absolute atomic E-state index is 3.84. The first-order valence-electron chi connectivity index (χ1n) is 7.47. The molecule has 2 aromatic heterocycles. The van der Waals surface area contributed by atoms with E-state index in [2.05, 4.69) is 50.4 Å². The minimum absolute atomic E-state index is 0.976. The van der Waals surface area contributed by atoms with Crippen molar-refractivity contribution in [2.75, 3.05) is 13.1 Å². The molecule has 3 aromatic rings. The highest BCUT2D eigenvalue weighted by atomic mass is 15.3. The van der Waals surface area contributed by atoms with Gasteiger partial charge in [-0.15, -0.1) is 5.10 Å². The Kier molecular flexibility index (Phi) is 3.00. The van der Waals surface area contributed by atoms with Crippen LogP contribution in [0.2, 0.25) is 0 Å². The highest BCUT2D eigenvalue weighted by molar-refractivity contribution is 5.85. The second-order valence-corrected chi connectivity index (χ2v) is 5.89. The van der Waals surface area contributed by atoms with E-state index in [9.17, 15) is 0 Å². The number of fused-ring (bicyclic) bond motifs is 3. The zero-order chi connectivity index (χ0) is 14.2. The number of hydrogen-bond acceptors (Lipinski definition) is 3. The number of aromatic nitrogens is 4. The maximum atomic E-state index is 3.84. The van der Waals surface area contributed by atoms with Crippen LogP contribution in [0.5, 0.6) is 0 Å². The molecule has 21 heavy (non-hydrogen) atoms. The van der Waals surface area contributed by atoms with Crippen molar-refractivity contribution < 1.29 is 0 Å². The molecule has 0 bridgehead atoms. The van der Waals surface area contributed by atoms with Crippen molar-refractivity contribution in [3.05, 3.63) is 46.9 Å². The third kappa shape index (κ3) is 2.34. The Balaban J connectivity index is 1.56. The lowest BCUT2D eigenvalue weighted by Crippen LogP contribution is -2.32. The normalized spacial score (nSPS) is 15.5. The van der Waals surface area contributed by atoms with Crippen molar-refractivity contribution in [2.24, 2.45) is 0 Å². The topological polar surface area (TPSA) is 60.6 Å².